The zero-order chi connectivity index (χ0) is 25.8. The number of carbonyl (C=O) groups is 2. The molecule has 0 radical (unpaired) electrons. The highest BCUT2D eigenvalue weighted by molar-refractivity contribution is 6.51. The zero-order valence-corrected chi connectivity index (χ0v) is 20.5. The van der Waals surface area contributed by atoms with Gasteiger partial charge in [0.25, 0.3) is 11.7 Å². The maximum absolute atomic E-state index is 14.1. The zero-order valence-electron chi connectivity index (χ0n) is 20.5. The van der Waals surface area contributed by atoms with Gasteiger partial charge in [-0.25, -0.2) is 4.39 Å². The summed E-state index contributed by atoms with van der Waals surface area (Å²) in [5.41, 5.74) is 2.00. The van der Waals surface area contributed by atoms with E-state index in [4.69, 9.17) is 9.47 Å². The van der Waals surface area contributed by atoms with Crippen LogP contribution in [0.1, 0.15) is 43.0 Å². The van der Waals surface area contributed by atoms with Gasteiger partial charge in [-0.3, -0.25) is 14.5 Å². The van der Waals surface area contributed by atoms with E-state index in [0.717, 1.165) is 24.5 Å². The Morgan fingerprint density at radius 3 is 2.44 bits per heavy atom. The van der Waals surface area contributed by atoms with Gasteiger partial charge in [0.2, 0.25) is 0 Å². The van der Waals surface area contributed by atoms with Crippen molar-refractivity contribution in [2.45, 2.75) is 32.7 Å². The molecule has 0 spiro atoms. The highest BCUT2D eigenvalue weighted by Crippen LogP contribution is 2.44. The largest absolute Gasteiger partial charge is 0.507 e. The number of ether oxygens (including phenoxy) is 2. The lowest BCUT2D eigenvalue weighted by atomic mass is 9.94. The van der Waals surface area contributed by atoms with Crippen molar-refractivity contribution in [3.05, 3.63) is 94.8 Å². The molecule has 0 aromatic heterocycles. The number of Topliss-reactive ketones (excluding diaryl/α,β-unsaturated/α-hetero) is 1. The van der Waals surface area contributed by atoms with Crippen LogP contribution in [0.4, 0.5) is 10.1 Å². The average Bonchev–Trinajstić information content (AvgIpc) is 3.17. The molecule has 1 amide bonds. The van der Waals surface area contributed by atoms with Crippen LogP contribution in [0.2, 0.25) is 0 Å². The highest BCUT2D eigenvalue weighted by atomic mass is 19.1. The van der Waals surface area contributed by atoms with Gasteiger partial charge in [-0.1, -0.05) is 44.2 Å². The molecule has 1 saturated heterocycles. The van der Waals surface area contributed by atoms with Gasteiger partial charge in [0.15, 0.2) is 0 Å². The van der Waals surface area contributed by atoms with Gasteiger partial charge < -0.3 is 14.6 Å². The summed E-state index contributed by atoms with van der Waals surface area (Å²) >= 11 is 0. The van der Waals surface area contributed by atoms with Gasteiger partial charge in [-0.05, 0) is 54.3 Å². The van der Waals surface area contributed by atoms with Crippen LogP contribution in [-0.2, 0) is 16.0 Å². The quantitative estimate of drug-likeness (QED) is 0.245. The van der Waals surface area contributed by atoms with Crippen molar-refractivity contribution in [3.63, 3.8) is 0 Å². The molecule has 186 valence electrons. The fourth-order valence-corrected chi connectivity index (χ4v) is 4.30. The Bertz CT molecular complexity index is 1320. The van der Waals surface area contributed by atoms with Crippen molar-refractivity contribution in [2.75, 3.05) is 18.6 Å². The van der Waals surface area contributed by atoms with E-state index in [1.54, 1.807) is 24.3 Å². The summed E-state index contributed by atoms with van der Waals surface area (Å²) in [6, 6.07) is 17.1. The summed E-state index contributed by atoms with van der Waals surface area (Å²) < 4.78 is 25.2. The standard InChI is InChI=1S/C29H28FNO5/c1-4-15-36-22-8-6-7-21(17-22)31-26(19-11-9-18(5-2)10-12-19)25(28(33)29(31)34)27(32)23-16-20(30)13-14-24(23)35-3/h6-14,16-17,26,32H,4-5,15H2,1-3H3/b27-25+. The Kier molecular flexibility index (Phi) is 7.38. The molecule has 1 aliphatic heterocycles. The molecule has 1 heterocycles. The first-order chi connectivity index (χ1) is 17.4. The van der Waals surface area contributed by atoms with Gasteiger partial charge in [-0.15, -0.1) is 0 Å². The van der Waals surface area contributed by atoms with Crippen molar-refractivity contribution in [1.29, 1.82) is 0 Å². The Balaban J connectivity index is 1.93. The number of nitrogens with zero attached hydrogens (tertiary/aromatic N) is 1. The molecule has 36 heavy (non-hydrogen) atoms. The number of halogens is 1. The van der Waals surface area contributed by atoms with Crippen LogP contribution >= 0.6 is 0 Å². The Morgan fingerprint density at radius 2 is 1.78 bits per heavy atom. The van der Waals surface area contributed by atoms with Crippen molar-refractivity contribution in [2.24, 2.45) is 0 Å². The van der Waals surface area contributed by atoms with E-state index in [2.05, 4.69) is 0 Å². The summed E-state index contributed by atoms with van der Waals surface area (Å²) in [6.45, 7) is 4.52. The molecule has 0 bridgehead atoms. The second kappa shape index (κ2) is 10.6. The molecule has 1 aliphatic rings. The van der Waals surface area contributed by atoms with Crippen LogP contribution in [0, 0.1) is 5.82 Å². The first-order valence-corrected chi connectivity index (χ1v) is 11.9. The fraction of sp³-hybridized carbons (Fsp3) is 0.241. The van der Waals surface area contributed by atoms with Crippen molar-refractivity contribution < 1.29 is 28.6 Å². The minimum atomic E-state index is -0.940. The van der Waals surface area contributed by atoms with Gasteiger partial charge in [0, 0.05) is 11.8 Å². The number of anilines is 1. The number of amides is 1. The number of ketones is 1. The van der Waals surface area contributed by atoms with E-state index in [9.17, 15) is 19.1 Å². The minimum Gasteiger partial charge on any atom is -0.507 e. The van der Waals surface area contributed by atoms with Crippen LogP contribution in [-0.4, -0.2) is 30.5 Å². The van der Waals surface area contributed by atoms with Crippen molar-refractivity contribution in [1.82, 2.24) is 0 Å². The van der Waals surface area contributed by atoms with Gasteiger partial charge >= 0.3 is 0 Å². The van der Waals surface area contributed by atoms with Crippen LogP contribution < -0.4 is 14.4 Å². The minimum absolute atomic E-state index is 0.00860. The third-order valence-corrected chi connectivity index (χ3v) is 6.13. The third kappa shape index (κ3) is 4.69. The second-order valence-electron chi connectivity index (χ2n) is 8.45. The molecule has 1 fully saturated rings. The molecule has 7 heteroatoms. The predicted molar refractivity (Wildman–Crippen MR) is 136 cm³/mol. The number of benzene rings is 3. The molecule has 1 N–H and O–H groups in total. The molecule has 6 nitrogen and oxygen atoms in total. The van der Waals surface area contributed by atoms with E-state index in [-0.39, 0.29) is 16.9 Å². The van der Waals surface area contributed by atoms with Gasteiger partial charge in [0.05, 0.1) is 30.9 Å². The summed E-state index contributed by atoms with van der Waals surface area (Å²) in [5.74, 6) is -2.06. The first kappa shape index (κ1) is 25.0. The summed E-state index contributed by atoms with van der Waals surface area (Å²) in [7, 11) is 1.38. The number of aryl methyl sites for hydroxylation is 1. The highest BCUT2D eigenvalue weighted by Gasteiger charge is 2.47. The first-order valence-electron chi connectivity index (χ1n) is 11.9. The lowest BCUT2D eigenvalue weighted by Crippen LogP contribution is -2.29. The van der Waals surface area contributed by atoms with Crippen LogP contribution in [0.25, 0.3) is 5.76 Å². The van der Waals surface area contributed by atoms with E-state index in [0.29, 0.717) is 23.6 Å². The molecule has 1 atom stereocenters. The average molecular weight is 490 g/mol. The molecule has 0 saturated carbocycles. The molecular formula is C29H28FNO5. The smallest absolute Gasteiger partial charge is 0.300 e. The maximum atomic E-state index is 14.1. The topological polar surface area (TPSA) is 76.1 Å². The predicted octanol–water partition coefficient (Wildman–Crippen LogP) is 5.81. The molecule has 4 rings (SSSR count). The molecule has 1 unspecified atom stereocenters. The second-order valence-corrected chi connectivity index (χ2v) is 8.45. The van der Waals surface area contributed by atoms with Crippen molar-refractivity contribution in [3.8, 4) is 11.5 Å². The maximum Gasteiger partial charge on any atom is 0.300 e. The lowest BCUT2D eigenvalue weighted by molar-refractivity contribution is -0.132. The van der Waals surface area contributed by atoms with E-state index in [1.165, 1.54) is 24.1 Å². The number of aliphatic hydroxyl groups is 1. The Labute approximate surface area is 209 Å². The third-order valence-electron chi connectivity index (χ3n) is 6.13. The Hall–Kier alpha value is -4.13. The van der Waals surface area contributed by atoms with Crippen LogP contribution in [0.5, 0.6) is 11.5 Å². The Morgan fingerprint density at radius 1 is 1.03 bits per heavy atom. The van der Waals surface area contributed by atoms with E-state index < -0.39 is 29.3 Å². The summed E-state index contributed by atoms with van der Waals surface area (Å²) in [6.07, 6.45) is 1.63. The number of methoxy groups -OCH3 is 1. The monoisotopic (exact) mass is 489 g/mol. The molecule has 3 aromatic carbocycles. The SMILES string of the molecule is CCCOc1cccc(N2C(=O)C(=O)/C(=C(/O)c3cc(F)ccc3OC)C2c2ccc(CC)cc2)c1. The molecular weight excluding hydrogens is 461 g/mol. The number of carbonyl (C=O) groups excluding carboxylic acids is 2. The fourth-order valence-electron chi connectivity index (χ4n) is 4.30. The molecule has 3 aromatic rings. The van der Waals surface area contributed by atoms with Gasteiger partial charge in [0.1, 0.15) is 23.1 Å². The summed E-state index contributed by atoms with van der Waals surface area (Å²) in [5, 5.41) is 11.3. The number of hydrogen-bond donors (Lipinski definition) is 1. The van der Waals surface area contributed by atoms with Crippen LogP contribution in [0.15, 0.2) is 72.3 Å². The number of hydrogen-bond acceptors (Lipinski definition) is 5. The van der Waals surface area contributed by atoms with E-state index >= 15 is 0 Å². The number of rotatable bonds is 8. The lowest BCUT2D eigenvalue weighted by Gasteiger charge is -2.26. The van der Waals surface area contributed by atoms with E-state index in [1.807, 2.05) is 38.1 Å². The summed E-state index contributed by atoms with van der Waals surface area (Å²) in [4.78, 5) is 28.1. The number of aliphatic hydroxyl groups excluding tert-OH is 1. The van der Waals surface area contributed by atoms with Crippen molar-refractivity contribution >= 4 is 23.1 Å². The molecule has 0 aliphatic carbocycles. The van der Waals surface area contributed by atoms with Crippen LogP contribution in [0.3, 0.4) is 0 Å². The van der Waals surface area contributed by atoms with Gasteiger partial charge in [-0.2, -0.15) is 0 Å². The normalized spacial score (nSPS) is 16.9.